The number of hydrogen-bond donors (Lipinski definition) is 2. The summed E-state index contributed by atoms with van der Waals surface area (Å²) >= 11 is 0. The van der Waals surface area contributed by atoms with Gasteiger partial charge in [0, 0.05) is 23.6 Å². The van der Waals surface area contributed by atoms with Crippen molar-refractivity contribution in [2.45, 2.75) is 85.7 Å². The van der Waals surface area contributed by atoms with E-state index in [-0.39, 0.29) is 34.4 Å². The topological polar surface area (TPSA) is 65.2 Å². The van der Waals surface area contributed by atoms with Crippen molar-refractivity contribution in [1.82, 2.24) is 0 Å². The molecule has 2 aromatic carbocycles. The molecule has 1 aliphatic carbocycles. The zero-order valence-electron chi connectivity index (χ0n) is 21.1. The fraction of sp³-hybridized carbons (Fsp3) is 0.517. The summed E-state index contributed by atoms with van der Waals surface area (Å²) in [6, 6.07) is 11.8. The average molecular weight is 449 g/mol. The monoisotopic (exact) mass is 448 g/mol. The molecule has 0 spiro atoms. The molecule has 4 heteroatoms. The Hall–Kier alpha value is -2.62. The minimum atomic E-state index is 0.0897. The van der Waals surface area contributed by atoms with Gasteiger partial charge in [-0.25, -0.2) is 0 Å². The van der Waals surface area contributed by atoms with E-state index in [0.717, 1.165) is 43.2 Å². The van der Waals surface area contributed by atoms with Gasteiger partial charge >= 0.3 is 0 Å². The van der Waals surface area contributed by atoms with Crippen molar-refractivity contribution in [3.8, 4) is 11.5 Å². The van der Waals surface area contributed by atoms with E-state index in [1.165, 1.54) is 11.1 Å². The molecule has 0 radical (unpaired) electrons. The summed E-state index contributed by atoms with van der Waals surface area (Å²) in [5.41, 5.74) is 4.30. The fourth-order valence-electron chi connectivity index (χ4n) is 4.48. The Morgan fingerprint density at radius 1 is 0.727 bits per heavy atom. The van der Waals surface area contributed by atoms with Gasteiger partial charge in [0.2, 0.25) is 0 Å². The number of hydrogen-bond acceptors (Lipinski definition) is 4. The summed E-state index contributed by atoms with van der Waals surface area (Å²) in [6.07, 6.45) is 8.55. The molecular weight excluding hydrogens is 408 g/mol. The van der Waals surface area contributed by atoms with Crippen LogP contribution >= 0.6 is 0 Å². The van der Waals surface area contributed by atoms with Gasteiger partial charge in [0.15, 0.2) is 0 Å². The minimum Gasteiger partial charge on any atom is -0.507 e. The van der Waals surface area contributed by atoms with Crippen molar-refractivity contribution in [2.24, 2.45) is 20.8 Å². The van der Waals surface area contributed by atoms with Gasteiger partial charge in [0.1, 0.15) is 11.5 Å². The van der Waals surface area contributed by atoms with Crippen molar-refractivity contribution in [2.75, 3.05) is 0 Å². The number of phenolic OH excluding ortho intramolecular Hbond substituents is 2. The molecule has 2 unspecified atom stereocenters. The molecule has 0 heterocycles. The van der Waals surface area contributed by atoms with Crippen molar-refractivity contribution in [3.63, 3.8) is 0 Å². The number of aromatic hydroxyl groups is 2. The highest BCUT2D eigenvalue weighted by atomic mass is 16.3. The van der Waals surface area contributed by atoms with E-state index < -0.39 is 0 Å². The SMILES string of the molecule is CC(C)(C)Cc1ccc(O)c(C=NC2CCCC2N=Cc2cc(CC(C)(C)C)ccc2O)c1. The molecule has 0 amide bonds. The first-order chi connectivity index (χ1) is 15.4. The highest BCUT2D eigenvalue weighted by Gasteiger charge is 2.25. The second-order valence-electron chi connectivity index (χ2n) is 11.9. The Bertz CT molecular complexity index is 928. The summed E-state index contributed by atoms with van der Waals surface area (Å²) in [7, 11) is 0. The van der Waals surface area contributed by atoms with Crippen LogP contribution in [0.2, 0.25) is 0 Å². The largest absolute Gasteiger partial charge is 0.507 e. The lowest BCUT2D eigenvalue weighted by molar-refractivity contribution is 0.410. The van der Waals surface area contributed by atoms with Gasteiger partial charge in [-0.05, 0) is 78.3 Å². The maximum absolute atomic E-state index is 10.3. The summed E-state index contributed by atoms with van der Waals surface area (Å²) < 4.78 is 0. The van der Waals surface area contributed by atoms with E-state index >= 15 is 0 Å². The standard InChI is InChI=1S/C29H40N2O2/c1-28(2,3)16-20-10-12-26(32)22(14-20)18-30-24-8-7-9-25(24)31-19-23-15-21(11-13-27(23)33)17-29(4,5)6/h10-15,18-19,24-25,32-33H,7-9,16-17H2,1-6H3. The smallest absolute Gasteiger partial charge is 0.124 e. The molecule has 3 rings (SSSR count). The van der Waals surface area contributed by atoms with Crippen LogP contribution in [0.5, 0.6) is 11.5 Å². The van der Waals surface area contributed by atoms with Crippen molar-refractivity contribution < 1.29 is 10.2 Å². The molecule has 4 nitrogen and oxygen atoms in total. The Balaban J connectivity index is 1.73. The lowest BCUT2D eigenvalue weighted by atomic mass is 9.87. The van der Waals surface area contributed by atoms with Gasteiger partial charge in [-0.2, -0.15) is 0 Å². The van der Waals surface area contributed by atoms with Crippen LogP contribution in [0.15, 0.2) is 46.4 Å². The fourth-order valence-corrected chi connectivity index (χ4v) is 4.48. The number of phenols is 2. The van der Waals surface area contributed by atoms with Crippen LogP contribution in [0.3, 0.4) is 0 Å². The van der Waals surface area contributed by atoms with Crippen molar-refractivity contribution >= 4 is 12.4 Å². The van der Waals surface area contributed by atoms with Gasteiger partial charge in [-0.1, -0.05) is 53.7 Å². The van der Waals surface area contributed by atoms with E-state index in [9.17, 15) is 10.2 Å². The summed E-state index contributed by atoms with van der Waals surface area (Å²) in [6.45, 7) is 13.3. The molecular formula is C29H40N2O2. The van der Waals surface area contributed by atoms with Crippen LogP contribution in [0, 0.1) is 10.8 Å². The van der Waals surface area contributed by atoms with Crippen LogP contribution in [0.4, 0.5) is 0 Å². The lowest BCUT2D eigenvalue weighted by Gasteiger charge is -2.18. The first kappa shape index (κ1) is 25.0. The zero-order chi connectivity index (χ0) is 24.2. The maximum Gasteiger partial charge on any atom is 0.124 e. The predicted octanol–water partition coefficient (Wildman–Crippen LogP) is 6.73. The first-order valence-corrected chi connectivity index (χ1v) is 12.1. The average Bonchev–Trinajstić information content (AvgIpc) is 3.14. The van der Waals surface area contributed by atoms with Gasteiger partial charge in [-0.15, -0.1) is 0 Å². The molecule has 33 heavy (non-hydrogen) atoms. The van der Waals surface area contributed by atoms with E-state index in [4.69, 9.17) is 9.98 Å². The molecule has 1 saturated carbocycles. The second kappa shape index (κ2) is 10.1. The lowest BCUT2D eigenvalue weighted by Crippen LogP contribution is -2.16. The third-order valence-electron chi connectivity index (χ3n) is 5.91. The quantitative estimate of drug-likeness (QED) is 0.481. The molecule has 0 aromatic heterocycles. The van der Waals surface area contributed by atoms with Crippen molar-refractivity contribution in [1.29, 1.82) is 0 Å². The Morgan fingerprint density at radius 3 is 1.48 bits per heavy atom. The van der Waals surface area contributed by atoms with Crippen LogP contribution in [-0.4, -0.2) is 34.7 Å². The molecule has 1 fully saturated rings. The Kier molecular flexibility index (Phi) is 7.66. The molecule has 2 aromatic rings. The molecule has 2 N–H and O–H groups in total. The molecule has 2 atom stereocenters. The van der Waals surface area contributed by atoms with E-state index in [1.54, 1.807) is 24.6 Å². The highest BCUT2D eigenvalue weighted by molar-refractivity contribution is 5.85. The molecule has 0 saturated heterocycles. The third-order valence-corrected chi connectivity index (χ3v) is 5.91. The number of benzene rings is 2. The molecule has 0 aliphatic heterocycles. The van der Waals surface area contributed by atoms with E-state index in [0.29, 0.717) is 0 Å². The maximum atomic E-state index is 10.3. The number of aliphatic imine (C=N–C) groups is 2. The highest BCUT2D eigenvalue weighted by Crippen LogP contribution is 2.28. The third kappa shape index (κ3) is 7.73. The molecule has 178 valence electrons. The second-order valence-corrected chi connectivity index (χ2v) is 11.9. The van der Waals surface area contributed by atoms with Crippen molar-refractivity contribution in [3.05, 3.63) is 58.7 Å². The van der Waals surface area contributed by atoms with Gasteiger partial charge in [-0.3, -0.25) is 9.98 Å². The van der Waals surface area contributed by atoms with E-state index in [2.05, 4.69) is 41.5 Å². The summed E-state index contributed by atoms with van der Waals surface area (Å²) in [4.78, 5) is 9.63. The van der Waals surface area contributed by atoms with Crippen LogP contribution in [-0.2, 0) is 12.8 Å². The van der Waals surface area contributed by atoms with Crippen LogP contribution in [0.25, 0.3) is 0 Å². The zero-order valence-corrected chi connectivity index (χ0v) is 21.1. The van der Waals surface area contributed by atoms with Crippen LogP contribution < -0.4 is 0 Å². The summed E-state index contributed by atoms with van der Waals surface area (Å²) in [5.74, 6) is 0.519. The molecule has 0 bridgehead atoms. The number of rotatable bonds is 6. The Morgan fingerprint density at radius 2 is 1.12 bits per heavy atom. The number of nitrogens with zero attached hydrogens (tertiary/aromatic N) is 2. The predicted molar refractivity (Wildman–Crippen MR) is 139 cm³/mol. The Labute approximate surface area is 199 Å². The van der Waals surface area contributed by atoms with Crippen LogP contribution in [0.1, 0.15) is 83.1 Å². The summed E-state index contributed by atoms with van der Waals surface area (Å²) in [5, 5.41) is 20.6. The normalized spacial score (nSPS) is 19.7. The van der Waals surface area contributed by atoms with Gasteiger partial charge in [0.05, 0.1) is 12.1 Å². The first-order valence-electron chi connectivity index (χ1n) is 12.1. The molecule has 1 aliphatic rings. The van der Waals surface area contributed by atoms with Gasteiger partial charge < -0.3 is 10.2 Å². The minimum absolute atomic E-state index is 0.0897. The van der Waals surface area contributed by atoms with E-state index in [1.807, 2.05) is 24.3 Å². The van der Waals surface area contributed by atoms with Gasteiger partial charge in [0.25, 0.3) is 0 Å².